The molecule has 9 heteroatoms. The van der Waals surface area contributed by atoms with Crippen molar-refractivity contribution in [2.75, 3.05) is 11.0 Å². The van der Waals surface area contributed by atoms with Crippen molar-refractivity contribution in [2.45, 2.75) is 32.6 Å². The van der Waals surface area contributed by atoms with Gasteiger partial charge in [0.05, 0.1) is 28.6 Å². The minimum absolute atomic E-state index is 0.0367. The molecule has 0 aromatic heterocycles. The van der Waals surface area contributed by atoms with Gasteiger partial charge in [-0.1, -0.05) is 34.7 Å². The van der Waals surface area contributed by atoms with Crippen LogP contribution in [-0.4, -0.2) is 33.0 Å². The van der Waals surface area contributed by atoms with E-state index >= 15 is 0 Å². The van der Waals surface area contributed by atoms with Crippen LogP contribution >= 0.6 is 22.6 Å². The number of alkyl halides is 1. The molecule has 0 saturated heterocycles. The van der Waals surface area contributed by atoms with E-state index in [-0.39, 0.29) is 23.4 Å². The maximum atomic E-state index is 12.8. The average Bonchev–Trinajstić information content (AvgIpc) is 2.64. The molecule has 0 fully saturated rings. The molecule has 0 amide bonds. The normalized spacial score (nSPS) is 16.6. The summed E-state index contributed by atoms with van der Waals surface area (Å²) in [5.74, 6) is -2.79. The molecule has 0 aliphatic carbocycles. The number of dihydropyridines is 1. The van der Waals surface area contributed by atoms with Crippen LogP contribution in [0.3, 0.4) is 0 Å². The first-order chi connectivity index (χ1) is 13.3. The third-order valence-electron chi connectivity index (χ3n) is 4.39. The van der Waals surface area contributed by atoms with E-state index in [4.69, 9.17) is 4.74 Å². The summed E-state index contributed by atoms with van der Waals surface area (Å²) in [5, 5.41) is 23.8. The molecule has 1 aromatic rings. The number of allylic oxidation sites excluding steroid dienone is 2. The first kappa shape index (κ1) is 21.9. The standard InChI is InChI=1S/C19H21IN2O6/c1-11-15(18(23)24)17(13-6-5-7-14(10-13)22(26)27)16(12(2)21-11)19(25)28-9-4-3-8-20/h5-7,10,17,21H,3-4,8-9H2,1-2H3,(H,23,24). The number of ether oxygens (including phenoxy) is 1. The van der Waals surface area contributed by atoms with E-state index in [1.807, 2.05) is 0 Å². The zero-order valence-corrected chi connectivity index (χ0v) is 17.7. The second-order valence-electron chi connectivity index (χ2n) is 6.32. The summed E-state index contributed by atoms with van der Waals surface area (Å²) in [6.07, 6.45) is 1.61. The fraction of sp³-hybridized carbons (Fsp3) is 0.368. The molecule has 0 saturated carbocycles. The molecule has 8 nitrogen and oxygen atoms in total. The van der Waals surface area contributed by atoms with Gasteiger partial charge in [0, 0.05) is 23.5 Å². The van der Waals surface area contributed by atoms with E-state index in [1.54, 1.807) is 19.9 Å². The molecular weight excluding hydrogens is 479 g/mol. The lowest BCUT2D eigenvalue weighted by Crippen LogP contribution is -2.32. The molecule has 28 heavy (non-hydrogen) atoms. The summed E-state index contributed by atoms with van der Waals surface area (Å²) >= 11 is 2.24. The van der Waals surface area contributed by atoms with Crippen LogP contribution in [0.4, 0.5) is 5.69 Å². The summed E-state index contributed by atoms with van der Waals surface area (Å²) in [4.78, 5) is 35.3. The van der Waals surface area contributed by atoms with E-state index in [1.165, 1.54) is 18.2 Å². The third-order valence-corrected chi connectivity index (χ3v) is 5.15. The Labute approximate surface area is 175 Å². The number of nitro groups is 1. The predicted molar refractivity (Wildman–Crippen MR) is 111 cm³/mol. The van der Waals surface area contributed by atoms with E-state index in [2.05, 4.69) is 27.9 Å². The van der Waals surface area contributed by atoms with E-state index < -0.39 is 22.8 Å². The van der Waals surface area contributed by atoms with Gasteiger partial charge in [0.2, 0.25) is 0 Å². The Balaban J connectivity index is 2.50. The number of hydrogen-bond acceptors (Lipinski definition) is 6. The summed E-state index contributed by atoms with van der Waals surface area (Å²) in [7, 11) is 0. The van der Waals surface area contributed by atoms with Crippen molar-refractivity contribution in [3.05, 3.63) is 62.5 Å². The van der Waals surface area contributed by atoms with E-state index in [0.29, 0.717) is 23.4 Å². The maximum absolute atomic E-state index is 12.8. The second-order valence-corrected chi connectivity index (χ2v) is 7.40. The van der Waals surface area contributed by atoms with Crippen molar-refractivity contribution in [3.8, 4) is 0 Å². The lowest BCUT2D eigenvalue weighted by Gasteiger charge is -2.29. The molecule has 0 radical (unpaired) electrons. The molecule has 1 heterocycles. The van der Waals surface area contributed by atoms with Crippen molar-refractivity contribution in [3.63, 3.8) is 0 Å². The minimum atomic E-state index is -1.20. The highest BCUT2D eigenvalue weighted by Crippen LogP contribution is 2.39. The molecular formula is C19H21IN2O6. The molecule has 1 atom stereocenters. The summed E-state index contributed by atoms with van der Waals surface area (Å²) in [6.45, 7) is 3.49. The summed E-state index contributed by atoms with van der Waals surface area (Å²) < 4.78 is 6.30. The number of carbonyl (C=O) groups excluding carboxylic acids is 1. The zero-order valence-electron chi connectivity index (χ0n) is 15.5. The van der Waals surface area contributed by atoms with Gasteiger partial charge in [0.1, 0.15) is 0 Å². The van der Waals surface area contributed by atoms with E-state index in [9.17, 15) is 24.8 Å². The van der Waals surface area contributed by atoms with Crippen LogP contribution < -0.4 is 5.32 Å². The van der Waals surface area contributed by atoms with E-state index in [0.717, 1.165) is 10.8 Å². The lowest BCUT2D eigenvalue weighted by atomic mass is 9.80. The number of carboxylic acid groups (broad SMARTS) is 1. The molecule has 2 N–H and O–H groups in total. The number of benzene rings is 1. The van der Waals surface area contributed by atoms with Gasteiger partial charge in [0.15, 0.2) is 0 Å². The molecule has 0 spiro atoms. The van der Waals surface area contributed by atoms with Gasteiger partial charge in [-0.05, 0) is 36.7 Å². The Morgan fingerprint density at radius 3 is 2.54 bits per heavy atom. The van der Waals surface area contributed by atoms with Gasteiger partial charge in [-0.15, -0.1) is 0 Å². The molecule has 1 unspecified atom stereocenters. The van der Waals surface area contributed by atoms with Crippen molar-refractivity contribution >= 4 is 40.2 Å². The fourth-order valence-electron chi connectivity index (χ4n) is 3.14. The number of aliphatic carboxylic acids is 1. The number of nitrogens with zero attached hydrogens (tertiary/aromatic N) is 1. The number of non-ortho nitro benzene ring substituents is 1. The second kappa shape index (κ2) is 9.67. The largest absolute Gasteiger partial charge is 0.478 e. The Hall–Kier alpha value is -2.43. The number of nitrogens with one attached hydrogen (secondary N) is 1. The zero-order chi connectivity index (χ0) is 20.8. The molecule has 0 bridgehead atoms. The van der Waals surface area contributed by atoms with Crippen molar-refractivity contribution in [1.29, 1.82) is 0 Å². The Morgan fingerprint density at radius 1 is 1.25 bits per heavy atom. The average molecular weight is 500 g/mol. The molecule has 1 aliphatic heterocycles. The number of carbonyl (C=O) groups is 2. The van der Waals surface area contributed by atoms with Gasteiger partial charge >= 0.3 is 11.9 Å². The van der Waals surface area contributed by atoms with Crippen molar-refractivity contribution in [1.82, 2.24) is 5.32 Å². The van der Waals surface area contributed by atoms with Gasteiger partial charge < -0.3 is 15.2 Å². The van der Waals surface area contributed by atoms with Crippen LogP contribution in [0.5, 0.6) is 0 Å². The SMILES string of the molecule is CC1=C(C(=O)O)C(c2cccc([N+](=O)[O-])c2)C(C(=O)OCCCCI)=C(C)N1. The highest BCUT2D eigenvalue weighted by molar-refractivity contribution is 14.1. The van der Waals surface area contributed by atoms with Crippen LogP contribution in [0.1, 0.15) is 38.2 Å². The maximum Gasteiger partial charge on any atom is 0.336 e. The van der Waals surface area contributed by atoms with Crippen molar-refractivity contribution < 1.29 is 24.4 Å². The Bertz CT molecular complexity index is 862. The molecule has 2 rings (SSSR count). The monoisotopic (exact) mass is 500 g/mol. The minimum Gasteiger partial charge on any atom is -0.478 e. The summed E-state index contributed by atoms with van der Waals surface area (Å²) in [6, 6.07) is 5.67. The van der Waals surface area contributed by atoms with Gasteiger partial charge in [-0.3, -0.25) is 10.1 Å². The highest BCUT2D eigenvalue weighted by atomic mass is 127. The van der Waals surface area contributed by atoms with Crippen LogP contribution in [0, 0.1) is 10.1 Å². The first-order valence-electron chi connectivity index (χ1n) is 8.67. The number of rotatable bonds is 8. The number of carboxylic acids is 1. The lowest BCUT2D eigenvalue weighted by molar-refractivity contribution is -0.384. The van der Waals surface area contributed by atoms with Crippen LogP contribution in [0.2, 0.25) is 0 Å². The quantitative estimate of drug-likeness (QED) is 0.140. The third kappa shape index (κ3) is 4.89. The first-order valence-corrected chi connectivity index (χ1v) is 10.2. The summed E-state index contributed by atoms with van der Waals surface area (Å²) in [5.41, 5.74) is 1.14. The molecule has 1 aromatic carbocycles. The Kier molecular flexibility index (Phi) is 7.55. The molecule has 1 aliphatic rings. The number of halogens is 1. The number of esters is 1. The fourth-order valence-corrected chi connectivity index (χ4v) is 3.68. The highest BCUT2D eigenvalue weighted by Gasteiger charge is 2.37. The number of unbranched alkanes of at least 4 members (excludes halogenated alkanes) is 1. The van der Waals surface area contributed by atoms with Crippen LogP contribution in [0.15, 0.2) is 46.8 Å². The topological polar surface area (TPSA) is 119 Å². The van der Waals surface area contributed by atoms with Gasteiger partial charge in [0.25, 0.3) is 5.69 Å². The van der Waals surface area contributed by atoms with Gasteiger partial charge in [-0.2, -0.15) is 0 Å². The van der Waals surface area contributed by atoms with Crippen LogP contribution in [0.25, 0.3) is 0 Å². The van der Waals surface area contributed by atoms with Crippen molar-refractivity contribution in [2.24, 2.45) is 0 Å². The predicted octanol–water partition coefficient (Wildman–Crippen LogP) is 3.67. The van der Waals surface area contributed by atoms with Gasteiger partial charge in [-0.25, -0.2) is 9.59 Å². The Morgan fingerprint density at radius 2 is 1.93 bits per heavy atom. The molecule has 150 valence electrons. The number of nitro benzene ring substituents is 1. The number of hydrogen-bond donors (Lipinski definition) is 2. The smallest absolute Gasteiger partial charge is 0.336 e. The van der Waals surface area contributed by atoms with Crippen LogP contribution in [-0.2, 0) is 14.3 Å².